The van der Waals surface area contributed by atoms with Gasteiger partial charge in [0.1, 0.15) is 0 Å². The van der Waals surface area contributed by atoms with Crippen molar-refractivity contribution in [1.82, 2.24) is 4.31 Å². The minimum Gasteiger partial charge on any atom is -0.207 e. The highest BCUT2D eigenvalue weighted by Gasteiger charge is 2.32. The smallest absolute Gasteiger partial charge is 0.207 e. The highest BCUT2D eigenvalue weighted by Crippen LogP contribution is 2.31. The van der Waals surface area contributed by atoms with Crippen molar-refractivity contribution in [3.8, 4) is 0 Å². The average Bonchev–Trinajstić information content (AvgIpc) is 2.62. The summed E-state index contributed by atoms with van der Waals surface area (Å²) in [5.41, 5.74) is 0.384. The number of rotatable bonds is 4. The molecule has 1 aliphatic rings. The summed E-state index contributed by atoms with van der Waals surface area (Å²) in [5.74, 6) is 0.413. The van der Waals surface area contributed by atoms with E-state index in [4.69, 9.17) is 0 Å². The largest absolute Gasteiger partial charge is 0.416 e. The average molecular weight is 383 g/mol. The van der Waals surface area contributed by atoms with Gasteiger partial charge in [-0.15, -0.1) is 0 Å². The molecule has 1 aliphatic heterocycles. The van der Waals surface area contributed by atoms with E-state index < -0.39 is 21.8 Å². The molecule has 1 heterocycles. The van der Waals surface area contributed by atoms with Gasteiger partial charge in [0.05, 0.1) is 10.5 Å². The van der Waals surface area contributed by atoms with Gasteiger partial charge < -0.3 is 0 Å². The first kappa shape index (κ1) is 18.9. The molecule has 0 bridgehead atoms. The number of benzene rings is 2. The minimum atomic E-state index is -4.47. The molecule has 7 heteroatoms. The molecule has 0 radical (unpaired) electrons. The summed E-state index contributed by atoms with van der Waals surface area (Å²) in [4.78, 5) is -0.0907. The van der Waals surface area contributed by atoms with Crippen LogP contribution >= 0.6 is 0 Å². The third kappa shape index (κ3) is 4.27. The number of halogens is 3. The van der Waals surface area contributed by atoms with E-state index in [1.165, 1.54) is 9.87 Å². The van der Waals surface area contributed by atoms with Gasteiger partial charge in [-0.1, -0.05) is 30.3 Å². The quantitative estimate of drug-likeness (QED) is 0.787. The molecule has 1 saturated heterocycles. The molecule has 1 fully saturated rings. The fourth-order valence-electron chi connectivity index (χ4n) is 3.27. The molecular formula is C19H20F3NO2S. The number of sulfonamides is 1. The zero-order valence-electron chi connectivity index (χ0n) is 14.1. The zero-order valence-corrected chi connectivity index (χ0v) is 14.9. The summed E-state index contributed by atoms with van der Waals surface area (Å²) >= 11 is 0. The van der Waals surface area contributed by atoms with E-state index in [1.54, 1.807) is 0 Å². The van der Waals surface area contributed by atoms with Gasteiger partial charge in [-0.05, 0) is 55.0 Å². The maximum absolute atomic E-state index is 12.7. The lowest BCUT2D eigenvalue weighted by Gasteiger charge is -2.31. The first-order chi connectivity index (χ1) is 12.3. The lowest BCUT2D eigenvalue weighted by molar-refractivity contribution is -0.137. The third-order valence-corrected chi connectivity index (χ3v) is 6.67. The van der Waals surface area contributed by atoms with E-state index in [0.29, 0.717) is 19.0 Å². The Hall–Kier alpha value is -1.86. The van der Waals surface area contributed by atoms with Crippen molar-refractivity contribution in [2.24, 2.45) is 5.92 Å². The van der Waals surface area contributed by atoms with E-state index in [2.05, 4.69) is 12.1 Å². The lowest BCUT2D eigenvalue weighted by atomic mass is 9.91. The highest BCUT2D eigenvalue weighted by molar-refractivity contribution is 7.89. The van der Waals surface area contributed by atoms with Gasteiger partial charge in [0, 0.05) is 13.1 Å². The fraction of sp³-hybridized carbons (Fsp3) is 0.368. The Kier molecular flexibility index (Phi) is 5.39. The number of hydrogen-bond donors (Lipinski definition) is 0. The predicted molar refractivity (Wildman–Crippen MR) is 93.1 cm³/mol. The van der Waals surface area contributed by atoms with Gasteiger partial charge in [-0.3, -0.25) is 0 Å². The summed E-state index contributed by atoms with van der Waals surface area (Å²) in [6.07, 6.45) is -2.07. The van der Waals surface area contributed by atoms with E-state index >= 15 is 0 Å². The summed E-state index contributed by atoms with van der Waals surface area (Å²) in [6.45, 7) is 0.779. The molecule has 0 spiro atoms. The van der Waals surface area contributed by atoms with Crippen LogP contribution in [0.4, 0.5) is 13.2 Å². The number of piperidine rings is 1. The van der Waals surface area contributed by atoms with E-state index in [9.17, 15) is 21.6 Å². The molecule has 0 unspecified atom stereocenters. The van der Waals surface area contributed by atoms with Crippen LogP contribution in [-0.2, 0) is 22.6 Å². The Morgan fingerprint density at radius 3 is 2.04 bits per heavy atom. The monoisotopic (exact) mass is 383 g/mol. The number of alkyl halides is 3. The van der Waals surface area contributed by atoms with Crippen LogP contribution in [0.15, 0.2) is 59.5 Å². The molecule has 0 atom stereocenters. The molecular weight excluding hydrogens is 363 g/mol. The topological polar surface area (TPSA) is 37.4 Å². The van der Waals surface area contributed by atoms with Gasteiger partial charge in [-0.2, -0.15) is 17.5 Å². The summed E-state index contributed by atoms with van der Waals surface area (Å²) in [6, 6.07) is 13.8. The van der Waals surface area contributed by atoms with Gasteiger partial charge in [0.15, 0.2) is 0 Å². The fourth-order valence-corrected chi connectivity index (χ4v) is 4.74. The van der Waals surface area contributed by atoms with Crippen molar-refractivity contribution < 1.29 is 21.6 Å². The van der Waals surface area contributed by atoms with Crippen molar-refractivity contribution in [1.29, 1.82) is 0 Å². The van der Waals surface area contributed by atoms with Gasteiger partial charge >= 0.3 is 6.18 Å². The number of hydrogen-bond acceptors (Lipinski definition) is 2. The van der Waals surface area contributed by atoms with Crippen LogP contribution in [-0.4, -0.2) is 25.8 Å². The van der Waals surface area contributed by atoms with E-state index in [-0.39, 0.29) is 4.90 Å². The normalized spacial score (nSPS) is 17.3. The predicted octanol–water partition coefficient (Wildman–Crippen LogP) is 4.35. The third-order valence-electron chi connectivity index (χ3n) is 4.76. The molecule has 26 heavy (non-hydrogen) atoms. The highest BCUT2D eigenvalue weighted by atomic mass is 32.2. The number of nitrogens with zero attached hydrogens (tertiary/aromatic N) is 1. The molecule has 0 aromatic heterocycles. The van der Waals surface area contributed by atoms with Crippen molar-refractivity contribution in [2.75, 3.05) is 13.1 Å². The van der Waals surface area contributed by atoms with Gasteiger partial charge in [0.25, 0.3) is 0 Å². The van der Waals surface area contributed by atoms with Crippen LogP contribution in [0.2, 0.25) is 0 Å². The Morgan fingerprint density at radius 1 is 0.923 bits per heavy atom. The zero-order chi connectivity index (χ0) is 18.8. The van der Waals surface area contributed by atoms with Gasteiger partial charge in [-0.25, -0.2) is 8.42 Å². The molecule has 2 aromatic carbocycles. The van der Waals surface area contributed by atoms with Crippen LogP contribution in [0.3, 0.4) is 0 Å². The molecule has 2 aromatic rings. The van der Waals surface area contributed by atoms with Crippen LogP contribution in [0.1, 0.15) is 24.0 Å². The van der Waals surface area contributed by atoms with Crippen LogP contribution in [0.5, 0.6) is 0 Å². The summed E-state index contributed by atoms with van der Waals surface area (Å²) < 4.78 is 64.6. The van der Waals surface area contributed by atoms with Crippen molar-refractivity contribution >= 4 is 10.0 Å². The SMILES string of the molecule is O=S(=O)(c1ccc(C(F)(F)F)cc1)N1CCC(Cc2ccccc2)CC1. The second-order valence-corrected chi connectivity index (χ2v) is 8.50. The molecule has 0 saturated carbocycles. The van der Waals surface area contributed by atoms with E-state index in [1.807, 2.05) is 18.2 Å². The molecule has 0 amide bonds. The summed E-state index contributed by atoms with van der Waals surface area (Å²) in [7, 11) is -3.75. The maximum atomic E-state index is 12.7. The molecule has 0 N–H and O–H groups in total. The Bertz CT molecular complexity index is 825. The lowest BCUT2D eigenvalue weighted by Crippen LogP contribution is -2.38. The van der Waals surface area contributed by atoms with Crippen molar-refractivity contribution in [3.63, 3.8) is 0 Å². The van der Waals surface area contributed by atoms with Crippen LogP contribution in [0, 0.1) is 5.92 Å². The molecule has 0 aliphatic carbocycles. The second-order valence-electron chi connectivity index (χ2n) is 6.56. The Morgan fingerprint density at radius 2 is 1.50 bits per heavy atom. The standard InChI is InChI=1S/C19H20F3NO2S/c20-19(21,22)17-6-8-18(9-7-17)26(24,25)23-12-10-16(11-13-23)14-15-4-2-1-3-5-15/h1-9,16H,10-14H2. The van der Waals surface area contributed by atoms with Crippen LogP contribution in [0.25, 0.3) is 0 Å². The van der Waals surface area contributed by atoms with Crippen molar-refractivity contribution in [2.45, 2.75) is 30.3 Å². The Labute approximate surface area is 151 Å². The summed E-state index contributed by atoms with van der Waals surface area (Å²) in [5, 5.41) is 0. The molecule has 140 valence electrons. The first-order valence-electron chi connectivity index (χ1n) is 8.48. The Balaban J connectivity index is 1.64. The maximum Gasteiger partial charge on any atom is 0.416 e. The second kappa shape index (κ2) is 7.40. The first-order valence-corrected chi connectivity index (χ1v) is 9.92. The molecule has 3 rings (SSSR count). The molecule has 3 nitrogen and oxygen atoms in total. The van der Waals surface area contributed by atoms with Crippen molar-refractivity contribution in [3.05, 3.63) is 65.7 Å². The van der Waals surface area contributed by atoms with Gasteiger partial charge in [0.2, 0.25) is 10.0 Å². The van der Waals surface area contributed by atoms with Crippen LogP contribution < -0.4 is 0 Å². The minimum absolute atomic E-state index is 0.0907. The van der Waals surface area contributed by atoms with E-state index in [0.717, 1.165) is 43.5 Å².